The molecule has 3 nitrogen and oxygen atoms in total. The lowest BCUT2D eigenvalue weighted by molar-refractivity contribution is 0.101. The summed E-state index contributed by atoms with van der Waals surface area (Å²) in [4.78, 5) is 16.3. The summed E-state index contributed by atoms with van der Waals surface area (Å²) in [5.41, 5.74) is 0.606. The van der Waals surface area contributed by atoms with E-state index in [1.807, 2.05) is 24.3 Å². The Bertz CT molecular complexity index is 572. The first-order valence-corrected chi connectivity index (χ1v) is 7.39. The number of pyridine rings is 1. The zero-order chi connectivity index (χ0) is 13.7. The molecular formula is C14H12BrNO2S. The van der Waals surface area contributed by atoms with E-state index in [1.165, 1.54) is 11.8 Å². The number of ketones is 1. The fourth-order valence-corrected chi connectivity index (χ4v) is 2.50. The molecule has 0 atom stereocenters. The van der Waals surface area contributed by atoms with Gasteiger partial charge < -0.3 is 4.74 Å². The lowest BCUT2D eigenvalue weighted by Gasteiger charge is -2.06. The highest BCUT2D eigenvalue weighted by atomic mass is 79.9. The molecule has 0 aliphatic rings. The van der Waals surface area contributed by atoms with Gasteiger partial charge >= 0.3 is 0 Å². The molecule has 0 bridgehead atoms. The Kier molecular flexibility index (Phi) is 4.99. The number of rotatable bonds is 5. The smallest absolute Gasteiger partial charge is 0.176 e. The Morgan fingerprint density at radius 2 is 2.11 bits per heavy atom. The van der Waals surface area contributed by atoms with E-state index < -0.39 is 0 Å². The largest absolute Gasteiger partial charge is 0.496 e. The predicted octanol–water partition coefficient (Wildman–Crippen LogP) is 3.83. The molecule has 0 saturated carbocycles. The van der Waals surface area contributed by atoms with Crippen LogP contribution in [0, 0.1) is 0 Å². The number of carbonyl (C=O) groups is 1. The molecule has 0 radical (unpaired) electrons. The second kappa shape index (κ2) is 6.73. The molecule has 0 aliphatic carbocycles. The molecule has 1 aromatic carbocycles. The number of nitrogens with zero attached hydrogens (tertiary/aromatic N) is 1. The molecule has 2 aromatic rings. The van der Waals surface area contributed by atoms with Crippen LogP contribution in [0.1, 0.15) is 10.4 Å². The van der Waals surface area contributed by atoms with Crippen LogP contribution in [0.4, 0.5) is 0 Å². The van der Waals surface area contributed by atoms with Crippen molar-refractivity contribution in [3.8, 4) is 5.75 Å². The quantitative estimate of drug-likeness (QED) is 0.614. The Labute approximate surface area is 124 Å². The normalized spacial score (nSPS) is 10.2. The number of hydrogen-bond donors (Lipinski definition) is 0. The van der Waals surface area contributed by atoms with Crippen LogP contribution in [0.15, 0.2) is 52.1 Å². The number of Topliss-reactive ketones (excluding diaryl/α,β-unsaturated/α-hetero) is 1. The van der Waals surface area contributed by atoms with Crippen LogP contribution in [-0.4, -0.2) is 23.6 Å². The summed E-state index contributed by atoms with van der Waals surface area (Å²) in [6, 6.07) is 11.0. The summed E-state index contributed by atoms with van der Waals surface area (Å²) < 4.78 is 6.11. The number of carbonyl (C=O) groups excluding carboxylic acids is 1. The highest BCUT2D eigenvalue weighted by Gasteiger charge is 2.12. The average Bonchev–Trinajstić information content (AvgIpc) is 2.46. The van der Waals surface area contributed by atoms with Crippen LogP contribution in [0.25, 0.3) is 0 Å². The summed E-state index contributed by atoms with van der Waals surface area (Å²) in [6.07, 6.45) is 1.72. The van der Waals surface area contributed by atoms with Crippen molar-refractivity contribution in [3.05, 3.63) is 52.6 Å². The summed E-state index contributed by atoms with van der Waals surface area (Å²) in [7, 11) is 1.57. The maximum atomic E-state index is 12.1. The van der Waals surface area contributed by atoms with E-state index in [2.05, 4.69) is 20.9 Å². The first kappa shape index (κ1) is 14.1. The van der Waals surface area contributed by atoms with Crippen LogP contribution in [0.5, 0.6) is 5.75 Å². The maximum absolute atomic E-state index is 12.1. The van der Waals surface area contributed by atoms with Gasteiger partial charge in [0.05, 0.1) is 23.5 Å². The van der Waals surface area contributed by atoms with E-state index in [9.17, 15) is 4.79 Å². The van der Waals surface area contributed by atoms with Crippen molar-refractivity contribution in [3.63, 3.8) is 0 Å². The highest BCUT2D eigenvalue weighted by molar-refractivity contribution is 9.10. The lowest BCUT2D eigenvalue weighted by atomic mass is 10.1. The van der Waals surface area contributed by atoms with Crippen molar-refractivity contribution in [1.29, 1.82) is 0 Å². The monoisotopic (exact) mass is 337 g/mol. The number of thioether (sulfide) groups is 1. The number of hydrogen-bond acceptors (Lipinski definition) is 4. The molecule has 0 unspecified atom stereocenters. The van der Waals surface area contributed by atoms with E-state index >= 15 is 0 Å². The molecule has 5 heteroatoms. The molecule has 0 spiro atoms. The van der Waals surface area contributed by atoms with Gasteiger partial charge in [-0.05, 0) is 40.2 Å². The summed E-state index contributed by atoms with van der Waals surface area (Å²) in [5, 5.41) is 0.825. The first-order valence-electron chi connectivity index (χ1n) is 5.61. The third-order valence-electron chi connectivity index (χ3n) is 2.46. The van der Waals surface area contributed by atoms with Crippen molar-refractivity contribution in [2.24, 2.45) is 0 Å². The molecule has 0 fully saturated rings. The second-order valence-corrected chi connectivity index (χ2v) is 5.64. The number of benzene rings is 1. The van der Waals surface area contributed by atoms with E-state index in [4.69, 9.17) is 4.74 Å². The van der Waals surface area contributed by atoms with Crippen molar-refractivity contribution in [1.82, 2.24) is 4.98 Å². The third kappa shape index (κ3) is 3.81. The molecule has 0 aliphatic heterocycles. The van der Waals surface area contributed by atoms with Gasteiger partial charge in [0, 0.05) is 10.7 Å². The van der Waals surface area contributed by atoms with Crippen LogP contribution < -0.4 is 4.74 Å². The number of aromatic nitrogens is 1. The van der Waals surface area contributed by atoms with E-state index in [-0.39, 0.29) is 5.78 Å². The molecule has 0 N–H and O–H groups in total. The Morgan fingerprint density at radius 3 is 2.79 bits per heavy atom. The van der Waals surface area contributed by atoms with Crippen molar-refractivity contribution in [2.75, 3.05) is 12.9 Å². The van der Waals surface area contributed by atoms with Gasteiger partial charge in [-0.1, -0.05) is 23.9 Å². The van der Waals surface area contributed by atoms with E-state index in [1.54, 1.807) is 25.4 Å². The number of methoxy groups -OCH3 is 1. The zero-order valence-electron chi connectivity index (χ0n) is 10.3. The molecule has 1 aromatic heterocycles. The minimum atomic E-state index is 0.0344. The minimum absolute atomic E-state index is 0.0344. The Morgan fingerprint density at radius 1 is 1.32 bits per heavy atom. The van der Waals surface area contributed by atoms with Crippen LogP contribution >= 0.6 is 27.7 Å². The maximum Gasteiger partial charge on any atom is 0.176 e. The van der Waals surface area contributed by atoms with Crippen molar-refractivity contribution in [2.45, 2.75) is 5.03 Å². The van der Waals surface area contributed by atoms with Gasteiger partial charge in [0.2, 0.25) is 0 Å². The average molecular weight is 338 g/mol. The van der Waals surface area contributed by atoms with Crippen LogP contribution in [0.3, 0.4) is 0 Å². The van der Waals surface area contributed by atoms with Crippen LogP contribution in [0.2, 0.25) is 0 Å². The summed E-state index contributed by atoms with van der Waals surface area (Å²) in [5.74, 6) is 0.985. The predicted molar refractivity (Wildman–Crippen MR) is 80.0 cm³/mol. The SMILES string of the molecule is COc1ccccc1C(=O)CSc1ccc(Br)cn1. The van der Waals surface area contributed by atoms with E-state index in [0.29, 0.717) is 17.1 Å². The highest BCUT2D eigenvalue weighted by Crippen LogP contribution is 2.22. The molecule has 0 amide bonds. The van der Waals surface area contributed by atoms with Gasteiger partial charge in [-0.3, -0.25) is 4.79 Å². The second-order valence-electron chi connectivity index (χ2n) is 3.73. The lowest BCUT2D eigenvalue weighted by Crippen LogP contribution is -2.04. The van der Waals surface area contributed by atoms with E-state index in [0.717, 1.165) is 9.50 Å². The number of halogens is 1. The topological polar surface area (TPSA) is 39.2 Å². The number of para-hydroxylation sites is 1. The molecular weight excluding hydrogens is 326 g/mol. The standard InChI is InChI=1S/C14H12BrNO2S/c1-18-13-5-3-2-4-11(13)12(17)9-19-14-7-6-10(15)8-16-14/h2-8H,9H2,1H3. The van der Waals surface area contributed by atoms with Gasteiger partial charge in [-0.25, -0.2) is 4.98 Å². The molecule has 1 heterocycles. The molecule has 19 heavy (non-hydrogen) atoms. The minimum Gasteiger partial charge on any atom is -0.496 e. The van der Waals surface area contributed by atoms with Gasteiger partial charge in [0.25, 0.3) is 0 Å². The van der Waals surface area contributed by atoms with Crippen molar-refractivity contribution < 1.29 is 9.53 Å². The molecule has 2 rings (SSSR count). The van der Waals surface area contributed by atoms with Crippen molar-refractivity contribution >= 4 is 33.5 Å². The zero-order valence-corrected chi connectivity index (χ0v) is 12.7. The Balaban J connectivity index is 2.03. The van der Waals surface area contributed by atoms with Gasteiger partial charge in [-0.2, -0.15) is 0 Å². The number of ether oxygens (including phenoxy) is 1. The summed E-state index contributed by atoms with van der Waals surface area (Å²) in [6.45, 7) is 0. The fraction of sp³-hybridized carbons (Fsp3) is 0.143. The fourth-order valence-electron chi connectivity index (χ4n) is 1.54. The Hall–Kier alpha value is -1.33. The van der Waals surface area contributed by atoms with Gasteiger partial charge in [-0.15, -0.1) is 0 Å². The van der Waals surface area contributed by atoms with Crippen LogP contribution in [-0.2, 0) is 0 Å². The molecule has 0 saturated heterocycles. The summed E-state index contributed by atoms with van der Waals surface area (Å²) >= 11 is 4.74. The van der Waals surface area contributed by atoms with Gasteiger partial charge in [0.15, 0.2) is 5.78 Å². The first-order chi connectivity index (χ1) is 9.20. The third-order valence-corrected chi connectivity index (χ3v) is 3.87. The molecule has 98 valence electrons. The van der Waals surface area contributed by atoms with Gasteiger partial charge in [0.1, 0.15) is 5.75 Å².